The van der Waals surface area contributed by atoms with Gasteiger partial charge in [0.25, 0.3) is 5.91 Å². The minimum absolute atomic E-state index is 0.0145. The van der Waals surface area contributed by atoms with Gasteiger partial charge in [-0.05, 0) is 53.5 Å². The van der Waals surface area contributed by atoms with Crippen LogP contribution in [0.25, 0.3) is 11.3 Å². The fourth-order valence-corrected chi connectivity index (χ4v) is 2.94. The van der Waals surface area contributed by atoms with Gasteiger partial charge in [0.2, 0.25) is 0 Å². The summed E-state index contributed by atoms with van der Waals surface area (Å²) in [5.41, 5.74) is 1.05. The van der Waals surface area contributed by atoms with Crippen molar-refractivity contribution in [3.05, 3.63) is 47.7 Å². The summed E-state index contributed by atoms with van der Waals surface area (Å²) in [5, 5.41) is 3.01. The zero-order valence-electron chi connectivity index (χ0n) is 17.5. The van der Waals surface area contributed by atoms with Gasteiger partial charge in [-0.1, -0.05) is 36.8 Å². The summed E-state index contributed by atoms with van der Waals surface area (Å²) in [6.45, 7) is 9.36. The lowest BCUT2D eigenvalue weighted by Crippen LogP contribution is -2.32. The van der Waals surface area contributed by atoms with Crippen LogP contribution in [0.4, 0.5) is 0 Å². The van der Waals surface area contributed by atoms with E-state index >= 15 is 0 Å². The standard InChI is InChI=1S/C23H31NO4/c1-16(11-9-10-14-21(25)28-23(3,4)5)24-22(26)19-15-20(27-17(19)2)18-12-7-6-8-13-18/h6-8,12-13,15-16H,9-11,14H2,1-5H3,(H,24,26)/t16-/m1/s1. The largest absolute Gasteiger partial charge is 0.461 e. The van der Waals surface area contributed by atoms with Gasteiger partial charge in [0.05, 0.1) is 5.56 Å². The predicted octanol–water partition coefficient (Wildman–Crippen LogP) is 5.28. The van der Waals surface area contributed by atoms with Gasteiger partial charge in [-0.15, -0.1) is 0 Å². The average molecular weight is 386 g/mol. The third kappa shape index (κ3) is 6.87. The van der Waals surface area contributed by atoms with Crippen molar-refractivity contribution < 1.29 is 18.7 Å². The molecule has 28 heavy (non-hydrogen) atoms. The Morgan fingerprint density at radius 3 is 2.46 bits per heavy atom. The number of amides is 1. The number of rotatable bonds is 8. The minimum Gasteiger partial charge on any atom is -0.461 e. The predicted molar refractivity (Wildman–Crippen MR) is 110 cm³/mol. The van der Waals surface area contributed by atoms with Gasteiger partial charge in [-0.2, -0.15) is 0 Å². The van der Waals surface area contributed by atoms with Crippen molar-refractivity contribution in [2.24, 2.45) is 0 Å². The zero-order valence-corrected chi connectivity index (χ0v) is 17.5. The van der Waals surface area contributed by atoms with Crippen molar-refractivity contribution >= 4 is 11.9 Å². The fraction of sp³-hybridized carbons (Fsp3) is 0.478. The molecule has 152 valence electrons. The Morgan fingerprint density at radius 1 is 1.14 bits per heavy atom. The highest BCUT2D eigenvalue weighted by molar-refractivity contribution is 5.96. The molecular weight excluding hydrogens is 354 g/mol. The van der Waals surface area contributed by atoms with Crippen molar-refractivity contribution in [2.75, 3.05) is 0 Å². The fourth-order valence-electron chi connectivity index (χ4n) is 2.94. The summed E-state index contributed by atoms with van der Waals surface area (Å²) in [7, 11) is 0. The second-order valence-corrected chi connectivity index (χ2v) is 8.15. The normalized spacial score (nSPS) is 12.5. The van der Waals surface area contributed by atoms with E-state index in [4.69, 9.17) is 9.15 Å². The van der Waals surface area contributed by atoms with Crippen molar-refractivity contribution in [1.82, 2.24) is 5.32 Å². The van der Waals surface area contributed by atoms with E-state index in [0.29, 0.717) is 23.5 Å². The summed E-state index contributed by atoms with van der Waals surface area (Å²) >= 11 is 0. The third-order valence-electron chi connectivity index (χ3n) is 4.29. The summed E-state index contributed by atoms with van der Waals surface area (Å²) in [4.78, 5) is 24.3. The van der Waals surface area contributed by atoms with Gasteiger partial charge in [0.15, 0.2) is 0 Å². The number of esters is 1. The Kier molecular flexibility index (Phi) is 7.44. The second-order valence-electron chi connectivity index (χ2n) is 8.15. The monoisotopic (exact) mass is 385 g/mol. The van der Waals surface area contributed by atoms with Crippen LogP contribution in [0.5, 0.6) is 0 Å². The first-order valence-corrected chi connectivity index (χ1v) is 9.84. The lowest BCUT2D eigenvalue weighted by Gasteiger charge is -2.19. The lowest BCUT2D eigenvalue weighted by atomic mass is 10.1. The Bertz CT molecular complexity index is 787. The van der Waals surface area contributed by atoms with E-state index in [1.807, 2.05) is 58.0 Å². The Balaban J connectivity index is 1.80. The molecule has 1 amide bonds. The van der Waals surface area contributed by atoms with Crippen molar-refractivity contribution in [2.45, 2.75) is 71.9 Å². The van der Waals surface area contributed by atoms with Crippen LogP contribution in [-0.2, 0) is 9.53 Å². The number of aryl methyl sites for hydroxylation is 1. The number of carbonyl (C=O) groups is 2. The molecule has 2 aromatic rings. The van der Waals surface area contributed by atoms with E-state index in [-0.39, 0.29) is 17.9 Å². The summed E-state index contributed by atoms with van der Waals surface area (Å²) < 4.78 is 11.1. The number of ether oxygens (including phenoxy) is 1. The van der Waals surface area contributed by atoms with Gasteiger partial charge in [0.1, 0.15) is 17.1 Å². The molecule has 1 aromatic carbocycles. The molecule has 5 nitrogen and oxygen atoms in total. The van der Waals surface area contributed by atoms with Crippen LogP contribution in [0.1, 0.15) is 69.5 Å². The summed E-state index contributed by atoms with van der Waals surface area (Å²) in [6, 6.07) is 11.5. The van der Waals surface area contributed by atoms with Crippen molar-refractivity contribution in [3.63, 3.8) is 0 Å². The highest BCUT2D eigenvalue weighted by Gasteiger charge is 2.18. The van der Waals surface area contributed by atoms with Crippen LogP contribution in [0.2, 0.25) is 0 Å². The maximum atomic E-state index is 12.6. The molecule has 0 aliphatic carbocycles. The van der Waals surface area contributed by atoms with Gasteiger partial charge in [-0.3, -0.25) is 9.59 Å². The van der Waals surface area contributed by atoms with Gasteiger partial charge in [0, 0.05) is 18.0 Å². The van der Waals surface area contributed by atoms with Crippen molar-refractivity contribution in [1.29, 1.82) is 0 Å². The highest BCUT2D eigenvalue weighted by Crippen LogP contribution is 2.25. The number of benzene rings is 1. The number of hydrogen-bond acceptors (Lipinski definition) is 4. The smallest absolute Gasteiger partial charge is 0.306 e. The summed E-state index contributed by atoms with van der Waals surface area (Å²) in [5.74, 6) is 0.983. The topological polar surface area (TPSA) is 68.5 Å². The second kappa shape index (κ2) is 9.58. The lowest BCUT2D eigenvalue weighted by molar-refractivity contribution is -0.154. The van der Waals surface area contributed by atoms with Crippen LogP contribution in [-0.4, -0.2) is 23.5 Å². The molecule has 1 N–H and O–H groups in total. The van der Waals surface area contributed by atoms with Gasteiger partial charge >= 0.3 is 5.97 Å². The first-order valence-electron chi connectivity index (χ1n) is 9.84. The zero-order chi connectivity index (χ0) is 20.7. The Hall–Kier alpha value is -2.56. The van der Waals surface area contributed by atoms with Gasteiger partial charge < -0.3 is 14.5 Å². The quantitative estimate of drug-likeness (QED) is 0.496. The molecule has 5 heteroatoms. The van der Waals surface area contributed by atoms with Crippen LogP contribution in [0.3, 0.4) is 0 Å². The number of furan rings is 1. The van der Waals surface area contributed by atoms with Crippen LogP contribution < -0.4 is 5.32 Å². The average Bonchev–Trinajstić information content (AvgIpc) is 3.00. The van der Waals surface area contributed by atoms with E-state index < -0.39 is 5.60 Å². The molecule has 0 unspecified atom stereocenters. The minimum atomic E-state index is -0.445. The van der Waals surface area contributed by atoms with Crippen LogP contribution >= 0.6 is 0 Å². The molecule has 0 spiro atoms. The molecule has 1 heterocycles. The van der Waals surface area contributed by atoms with E-state index in [1.165, 1.54) is 0 Å². The van der Waals surface area contributed by atoms with E-state index in [2.05, 4.69) is 5.32 Å². The molecule has 0 aliphatic heterocycles. The molecule has 1 atom stereocenters. The van der Waals surface area contributed by atoms with Crippen molar-refractivity contribution in [3.8, 4) is 11.3 Å². The van der Waals surface area contributed by atoms with Crippen LogP contribution in [0.15, 0.2) is 40.8 Å². The molecule has 0 fully saturated rings. The molecule has 0 saturated carbocycles. The highest BCUT2D eigenvalue weighted by atomic mass is 16.6. The van der Waals surface area contributed by atoms with E-state index in [9.17, 15) is 9.59 Å². The molecular formula is C23H31NO4. The van der Waals surface area contributed by atoms with Crippen LogP contribution in [0, 0.1) is 6.92 Å². The number of unbranched alkanes of at least 4 members (excludes halogenated alkanes) is 1. The molecule has 1 aromatic heterocycles. The number of hydrogen-bond donors (Lipinski definition) is 1. The number of nitrogens with one attached hydrogen (secondary N) is 1. The maximum absolute atomic E-state index is 12.6. The van der Waals surface area contributed by atoms with Gasteiger partial charge in [-0.25, -0.2) is 0 Å². The molecule has 0 bridgehead atoms. The van der Waals surface area contributed by atoms with E-state index in [0.717, 1.165) is 24.8 Å². The summed E-state index contributed by atoms with van der Waals surface area (Å²) in [6.07, 6.45) is 2.80. The molecule has 2 rings (SSSR count). The first-order chi connectivity index (χ1) is 13.2. The Morgan fingerprint density at radius 2 is 1.82 bits per heavy atom. The molecule has 0 radical (unpaired) electrons. The third-order valence-corrected chi connectivity index (χ3v) is 4.29. The maximum Gasteiger partial charge on any atom is 0.306 e. The SMILES string of the molecule is Cc1oc(-c2ccccc2)cc1C(=O)N[C@H](C)CCCCC(=O)OC(C)(C)C. The first kappa shape index (κ1) is 21.7. The Labute approximate surface area is 167 Å². The number of carbonyl (C=O) groups excluding carboxylic acids is 2. The molecule has 0 saturated heterocycles. The molecule has 0 aliphatic rings. The van der Waals surface area contributed by atoms with E-state index in [1.54, 1.807) is 13.0 Å².